The quantitative estimate of drug-likeness (QED) is 0.218. The molecule has 0 bridgehead atoms. The maximum absolute atomic E-state index is 11.6. The third kappa shape index (κ3) is 4.25. The number of nitrogens with two attached hydrogens (primary N) is 1. The predicted octanol–water partition coefficient (Wildman–Crippen LogP) is 2.99. The molecule has 2 heterocycles. The third-order valence-electron chi connectivity index (χ3n) is 4.51. The normalized spacial score (nSPS) is 10.7. The Morgan fingerprint density at radius 2 is 1.81 bits per heavy atom. The number of hydrazine groups is 1. The zero-order valence-electron chi connectivity index (χ0n) is 16.8. The monoisotopic (exact) mass is 417 g/mol. The first kappa shape index (κ1) is 20.1. The average Bonchev–Trinajstić information content (AvgIpc) is 2.78. The van der Waals surface area contributed by atoms with Crippen molar-refractivity contribution < 1.29 is 14.7 Å². The molecule has 0 saturated heterocycles. The minimum atomic E-state index is -0.831. The number of rotatable bonds is 5. The number of amides is 1. The van der Waals surface area contributed by atoms with Crippen LogP contribution in [0, 0.1) is 6.92 Å². The summed E-state index contributed by atoms with van der Waals surface area (Å²) in [5, 5.41) is 9.90. The lowest BCUT2D eigenvalue weighted by Crippen LogP contribution is -2.33. The van der Waals surface area contributed by atoms with Crippen molar-refractivity contribution in [3.05, 3.63) is 72.3 Å². The lowest BCUT2D eigenvalue weighted by atomic mass is 10.2. The Labute approximate surface area is 177 Å². The Kier molecular flexibility index (Phi) is 5.39. The second-order valence-corrected chi connectivity index (χ2v) is 6.67. The molecular formula is C21H19N7O3. The van der Waals surface area contributed by atoms with Gasteiger partial charge < -0.3 is 9.64 Å². The molecule has 156 valence electrons. The van der Waals surface area contributed by atoms with E-state index >= 15 is 0 Å². The van der Waals surface area contributed by atoms with Crippen molar-refractivity contribution in [2.75, 3.05) is 11.9 Å². The lowest BCUT2D eigenvalue weighted by molar-refractivity contribution is -0.0596. The summed E-state index contributed by atoms with van der Waals surface area (Å²) >= 11 is 0. The van der Waals surface area contributed by atoms with Crippen LogP contribution in [0.4, 0.5) is 11.5 Å². The van der Waals surface area contributed by atoms with E-state index in [2.05, 4.69) is 19.9 Å². The summed E-state index contributed by atoms with van der Waals surface area (Å²) in [4.78, 5) is 30.6. The van der Waals surface area contributed by atoms with Gasteiger partial charge in [0.25, 0.3) is 5.91 Å². The number of hydroxylamine groups is 1. The van der Waals surface area contributed by atoms with E-state index in [0.717, 1.165) is 22.4 Å². The lowest BCUT2D eigenvalue weighted by Gasteiger charge is -2.21. The van der Waals surface area contributed by atoms with Crippen LogP contribution < -0.4 is 15.5 Å². The van der Waals surface area contributed by atoms with Gasteiger partial charge in [0, 0.05) is 36.6 Å². The molecule has 0 radical (unpaired) electrons. The fraction of sp³-hybridized carbons (Fsp3) is 0.0952. The van der Waals surface area contributed by atoms with E-state index in [1.54, 1.807) is 6.07 Å². The summed E-state index contributed by atoms with van der Waals surface area (Å²) in [5.41, 5.74) is 1.73. The highest BCUT2D eigenvalue weighted by molar-refractivity contribution is 5.92. The highest BCUT2D eigenvalue weighted by Gasteiger charge is 2.14. The van der Waals surface area contributed by atoms with Crippen LogP contribution in [0.1, 0.15) is 16.2 Å². The molecule has 10 nitrogen and oxygen atoms in total. The van der Waals surface area contributed by atoms with Crippen LogP contribution >= 0.6 is 0 Å². The Bertz CT molecular complexity index is 1250. The van der Waals surface area contributed by atoms with Gasteiger partial charge in [0.15, 0.2) is 0 Å². The number of hydrogen-bond donors (Lipinski definition) is 2. The summed E-state index contributed by atoms with van der Waals surface area (Å²) in [6.07, 6.45) is 2.43. The van der Waals surface area contributed by atoms with E-state index in [0.29, 0.717) is 11.6 Å². The first-order valence-corrected chi connectivity index (χ1v) is 9.27. The largest absolute Gasteiger partial charge is 0.424 e. The molecular weight excluding hydrogens is 398 g/mol. The van der Waals surface area contributed by atoms with Gasteiger partial charge in [-0.1, -0.05) is 18.2 Å². The van der Waals surface area contributed by atoms with Gasteiger partial charge in [-0.05, 0) is 31.2 Å². The van der Waals surface area contributed by atoms with Crippen LogP contribution in [0.15, 0.2) is 60.9 Å². The molecule has 0 aliphatic heterocycles. The van der Waals surface area contributed by atoms with Crippen molar-refractivity contribution in [3.63, 3.8) is 0 Å². The van der Waals surface area contributed by atoms with Crippen LogP contribution in [0.2, 0.25) is 0 Å². The fourth-order valence-electron chi connectivity index (χ4n) is 3.02. The smallest absolute Gasteiger partial charge is 0.321 e. The summed E-state index contributed by atoms with van der Waals surface area (Å²) in [6, 6.07) is 15.2. The number of carbonyl (C=O) groups is 1. The molecule has 1 amide bonds. The number of anilines is 2. The Hall–Kier alpha value is -4.15. The number of para-hydroxylation sites is 1. The number of fused-ring (bicyclic) bond motifs is 1. The molecule has 2 aromatic carbocycles. The molecule has 4 aromatic rings. The van der Waals surface area contributed by atoms with Crippen LogP contribution in [-0.4, -0.2) is 43.3 Å². The van der Waals surface area contributed by atoms with Crippen molar-refractivity contribution in [1.29, 1.82) is 0 Å². The van der Waals surface area contributed by atoms with Gasteiger partial charge >= 0.3 is 6.01 Å². The molecule has 2 aromatic heterocycles. The predicted molar refractivity (Wildman–Crippen MR) is 113 cm³/mol. The van der Waals surface area contributed by atoms with Crippen molar-refractivity contribution in [2.45, 2.75) is 6.92 Å². The molecule has 10 heteroatoms. The number of aromatic nitrogens is 4. The number of ether oxygens (including phenoxy) is 1. The zero-order valence-corrected chi connectivity index (χ0v) is 16.8. The molecule has 31 heavy (non-hydrogen) atoms. The molecule has 3 N–H and O–H groups in total. The summed E-state index contributed by atoms with van der Waals surface area (Å²) in [5.74, 6) is 6.12. The van der Waals surface area contributed by atoms with Crippen molar-refractivity contribution in [2.24, 2.45) is 5.84 Å². The van der Waals surface area contributed by atoms with E-state index in [-0.39, 0.29) is 16.7 Å². The topological polar surface area (TPSA) is 131 Å². The standard InChI is InChI=1S/C21H19N7O3/c1-13-25-18-9-4-3-8-17(18)19(26-13)27(2)15-6-5-7-16(10-15)31-21-23-11-14(12-24-21)20(29)28(22)30/h3-12,30H,22H2,1-2H3. The van der Waals surface area contributed by atoms with Gasteiger partial charge in [-0.2, -0.15) is 0 Å². The molecule has 0 atom stereocenters. The Morgan fingerprint density at radius 1 is 1.06 bits per heavy atom. The van der Waals surface area contributed by atoms with Gasteiger partial charge in [-0.3, -0.25) is 10.0 Å². The van der Waals surface area contributed by atoms with Gasteiger partial charge in [0.05, 0.1) is 11.1 Å². The highest BCUT2D eigenvalue weighted by atomic mass is 16.5. The number of aryl methyl sites for hydroxylation is 1. The van der Waals surface area contributed by atoms with Crippen LogP contribution in [-0.2, 0) is 0 Å². The third-order valence-corrected chi connectivity index (χ3v) is 4.51. The summed E-state index contributed by atoms with van der Waals surface area (Å²) < 4.78 is 5.71. The van der Waals surface area contributed by atoms with Crippen molar-refractivity contribution in [3.8, 4) is 11.8 Å². The zero-order chi connectivity index (χ0) is 22.0. The maximum Gasteiger partial charge on any atom is 0.321 e. The van der Waals surface area contributed by atoms with Gasteiger partial charge in [-0.15, -0.1) is 5.17 Å². The van der Waals surface area contributed by atoms with Gasteiger partial charge in [0.1, 0.15) is 17.4 Å². The van der Waals surface area contributed by atoms with E-state index in [1.807, 2.05) is 61.3 Å². The maximum atomic E-state index is 11.6. The number of carbonyl (C=O) groups excluding carboxylic acids is 1. The minimum absolute atomic E-state index is 0.0249. The van der Waals surface area contributed by atoms with Gasteiger partial charge in [-0.25, -0.2) is 25.8 Å². The van der Waals surface area contributed by atoms with E-state index in [9.17, 15) is 4.79 Å². The molecule has 4 rings (SSSR count). The fourth-order valence-corrected chi connectivity index (χ4v) is 3.02. The average molecular weight is 417 g/mol. The Balaban J connectivity index is 1.60. The van der Waals surface area contributed by atoms with E-state index in [4.69, 9.17) is 15.8 Å². The molecule has 0 fully saturated rings. The first-order valence-electron chi connectivity index (χ1n) is 9.27. The van der Waals surface area contributed by atoms with Crippen LogP contribution in [0.3, 0.4) is 0 Å². The number of benzene rings is 2. The number of nitrogens with zero attached hydrogens (tertiary/aromatic N) is 6. The molecule has 0 unspecified atom stereocenters. The second kappa shape index (κ2) is 8.30. The summed E-state index contributed by atoms with van der Waals surface area (Å²) in [6.45, 7) is 1.86. The first-order chi connectivity index (χ1) is 14.9. The van der Waals surface area contributed by atoms with Gasteiger partial charge in [0.2, 0.25) is 0 Å². The minimum Gasteiger partial charge on any atom is -0.424 e. The van der Waals surface area contributed by atoms with E-state index < -0.39 is 5.91 Å². The SMILES string of the molecule is Cc1nc(N(C)c2cccc(Oc3ncc(C(=O)N(N)O)cn3)c2)c2ccccc2n1. The summed E-state index contributed by atoms with van der Waals surface area (Å²) in [7, 11) is 1.91. The van der Waals surface area contributed by atoms with Crippen molar-refractivity contribution in [1.82, 2.24) is 25.1 Å². The van der Waals surface area contributed by atoms with E-state index in [1.165, 1.54) is 12.4 Å². The van der Waals surface area contributed by atoms with Crippen LogP contribution in [0.25, 0.3) is 10.9 Å². The molecule has 0 aliphatic carbocycles. The van der Waals surface area contributed by atoms with Crippen LogP contribution in [0.5, 0.6) is 11.8 Å². The van der Waals surface area contributed by atoms with Crippen molar-refractivity contribution >= 4 is 28.3 Å². The number of hydrogen-bond acceptors (Lipinski definition) is 9. The second-order valence-electron chi connectivity index (χ2n) is 6.67. The molecule has 0 spiro atoms. The highest BCUT2D eigenvalue weighted by Crippen LogP contribution is 2.31. The molecule has 0 aliphatic rings. The molecule has 0 saturated carbocycles. The Morgan fingerprint density at radius 3 is 2.55 bits per heavy atom.